The van der Waals surface area contributed by atoms with Gasteiger partial charge < -0.3 is 9.47 Å². The van der Waals surface area contributed by atoms with E-state index in [1.54, 1.807) is 23.8 Å². The number of rotatable bonds is 4. The summed E-state index contributed by atoms with van der Waals surface area (Å²) in [6.45, 7) is 0. The number of aromatic amines is 1. The number of aromatic nitrogens is 4. The van der Waals surface area contributed by atoms with Crippen LogP contribution in [-0.4, -0.2) is 29.2 Å². The van der Waals surface area contributed by atoms with Gasteiger partial charge in [0.05, 0.1) is 14.2 Å². The summed E-state index contributed by atoms with van der Waals surface area (Å²) in [6, 6.07) is 15.2. The van der Waals surface area contributed by atoms with Crippen molar-refractivity contribution in [1.29, 1.82) is 0 Å². The molecular formula is C15H15N4O2S+. The van der Waals surface area contributed by atoms with Gasteiger partial charge in [-0.15, -0.1) is 5.10 Å². The Balaban J connectivity index is 2.25. The number of nitrogens with zero attached hydrogens (tertiary/aromatic N) is 3. The highest BCUT2D eigenvalue weighted by Crippen LogP contribution is 2.21. The molecule has 0 spiro atoms. The van der Waals surface area contributed by atoms with Gasteiger partial charge in [0.2, 0.25) is 5.69 Å². The van der Waals surface area contributed by atoms with Crippen molar-refractivity contribution in [2.45, 2.75) is 0 Å². The Morgan fingerprint density at radius 2 is 1.64 bits per heavy atom. The molecule has 22 heavy (non-hydrogen) atoms. The largest absolute Gasteiger partial charge is 0.494 e. The summed E-state index contributed by atoms with van der Waals surface area (Å²) >= 11 is 5.19. The minimum Gasteiger partial charge on any atom is -0.494 e. The molecule has 0 radical (unpaired) electrons. The molecule has 0 amide bonds. The normalized spacial score (nSPS) is 10.5. The van der Waals surface area contributed by atoms with E-state index in [0.717, 1.165) is 11.4 Å². The predicted molar refractivity (Wildman–Crippen MR) is 83.4 cm³/mol. The molecule has 0 aliphatic rings. The summed E-state index contributed by atoms with van der Waals surface area (Å²) in [5.41, 5.74) is 1.56. The third-order valence-electron chi connectivity index (χ3n) is 3.19. The van der Waals surface area contributed by atoms with Crippen molar-refractivity contribution < 1.29 is 14.3 Å². The van der Waals surface area contributed by atoms with E-state index in [4.69, 9.17) is 21.7 Å². The molecule has 3 aromatic rings. The Morgan fingerprint density at radius 1 is 1.00 bits per heavy atom. The lowest BCUT2D eigenvalue weighted by molar-refractivity contribution is -0.735. The molecule has 0 aliphatic heterocycles. The smallest absolute Gasteiger partial charge is 0.345 e. The highest BCUT2D eigenvalue weighted by molar-refractivity contribution is 7.71. The van der Waals surface area contributed by atoms with Crippen LogP contribution >= 0.6 is 12.2 Å². The molecule has 0 atom stereocenters. The molecule has 7 heteroatoms. The van der Waals surface area contributed by atoms with Crippen LogP contribution in [0, 0.1) is 4.77 Å². The van der Waals surface area contributed by atoms with Crippen LogP contribution in [0.3, 0.4) is 0 Å². The van der Waals surface area contributed by atoms with Gasteiger partial charge in [0.1, 0.15) is 5.75 Å². The number of tetrazole rings is 1. The number of benzene rings is 2. The number of hydrogen-bond acceptors (Lipinski definition) is 4. The van der Waals surface area contributed by atoms with Crippen LogP contribution in [0.15, 0.2) is 48.5 Å². The Kier molecular flexibility index (Phi) is 3.88. The molecule has 0 bridgehead atoms. The van der Waals surface area contributed by atoms with Crippen molar-refractivity contribution in [3.8, 4) is 22.9 Å². The van der Waals surface area contributed by atoms with E-state index in [1.165, 1.54) is 0 Å². The van der Waals surface area contributed by atoms with E-state index < -0.39 is 0 Å². The molecule has 0 unspecified atom stereocenters. The summed E-state index contributed by atoms with van der Waals surface area (Å²) < 4.78 is 11.2. The first kappa shape index (κ1) is 14.3. The number of H-pyrrole nitrogens is 1. The molecule has 112 valence electrons. The second-order valence-corrected chi connectivity index (χ2v) is 4.85. The number of nitrogens with one attached hydrogen (secondary N) is 1. The van der Waals surface area contributed by atoms with E-state index >= 15 is 0 Å². The van der Waals surface area contributed by atoms with Gasteiger partial charge in [-0.25, -0.2) is 0 Å². The lowest BCUT2D eigenvalue weighted by atomic mass is 10.3. The number of methoxy groups -OCH3 is 2. The summed E-state index contributed by atoms with van der Waals surface area (Å²) in [7, 11) is 3.24. The van der Waals surface area contributed by atoms with Crippen molar-refractivity contribution in [3.05, 3.63) is 53.3 Å². The van der Waals surface area contributed by atoms with E-state index in [1.807, 2.05) is 48.5 Å². The predicted octanol–water partition coefficient (Wildman–Crippen LogP) is 2.22. The monoisotopic (exact) mass is 315 g/mol. The van der Waals surface area contributed by atoms with Crippen LogP contribution in [0.5, 0.6) is 11.5 Å². The van der Waals surface area contributed by atoms with Gasteiger partial charge >= 0.3 is 4.77 Å². The van der Waals surface area contributed by atoms with Crippen molar-refractivity contribution in [1.82, 2.24) is 15.0 Å². The number of ether oxygens (including phenoxy) is 2. The van der Waals surface area contributed by atoms with Gasteiger partial charge in [0, 0.05) is 5.10 Å². The maximum atomic E-state index is 5.41. The van der Waals surface area contributed by atoms with Crippen LogP contribution in [0.2, 0.25) is 0 Å². The van der Waals surface area contributed by atoms with Gasteiger partial charge in [-0.2, -0.15) is 0 Å². The maximum Gasteiger partial charge on any atom is 0.345 e. The maximum absolute atomic E-state index is 5.41. The van der Waals surface area contributed by atoms with Crippen molar-refractivity contribution >= 4 is 12.2 Å². The van der Waals surface area contributed by atoms with Crippen molar-refractivity contribution in [2.75, 3.05) is 14.2 Å². The van der Waals surface area contributed by atoms with Crippen molar-refractivity contribution in [2.24, 2.45) is 0 Å². The molecule has 2 aromatic carbocycles. The van der Waals surface area contributed by atoms with E-state index in [9.17, 15) is 0 Å². The third-order valence-corrected chi connectivity index (χ3v) is 3.36. The molecule has 0 saturated heterocycles. The molecular weight excluding hydrogens is 300 g/mol. The second-order valence-electron chi connectivity index (χ2n) is 4.46. The Labute approximate surface area is 132 Å². The first-order valence-corrected chi connectivity index (χ1v) is 7.04. The summed E-state index contributed by atoms with van der Waals surface area (Å²) in [5, 5.41) is 7.38. The van der Waals surface area contributed by atoms with Crippen LogP contribution in [0.1, 0.15) is 0 Å². The Morgan fingerprint density at radius 3 is 2.36 bits per heavy atom. The van der Waals surface area contributed by atoms with Crippen molar-refractivity contribution in [3.63, 3.8) is 0 Å². The lowest BCUT2D eigenvalue weighted by Gasteiger charge is -2.08. The van der Waals surface area contributed by atoms with E-state index in [-0.39, 0.29) is 0 Å². The molecule has 1 N–H and O–H groups in total. The zero-order valence-electron chi connectivity index (χ0n) is 12.2. The average molecular weight is 315 g/mol. The third kappa shape index (κ3) is 2.46. The minimum absolute atomic E-state index is 0.358. The lowest BCUT2D eigenvalue weighted by Crippen LogP contribution is -2.43. The van der Waals surface area contributed by atoms with Crippen LogP contribution in [-0.2, 0) is 0 Å². The van der Waals surface area contributed by atoms with Gasteiger partial charge in [0.25, 0.3) is 0 Å². The fraction of sp³-hybridized carbons (Fsp3) is 0.133. The molecule has 1 heterocycles. The molecule has 1 aromatic heterocycles. The first-order chi connectivity index (χ1) is 10.7. The second kappa shape index (κ2) is 5.98. The Hall–Kier alpha value is -2.67. The quantitative estimate of drug-likeness (QED) is 0.592. The fourth-order valence-electron chi connectivity index (χ4n) is 2.21. The summed E-state index contributed by atoms with van der Waals surface area (Å²) in [6.07, 6.45) is 0. The standard InChI is InChI=1S/C15H14N4O2S/c1-20-13-9-5-3-7-11(13)18-16-15(22)17-19(18)12-8-4-6-10-14(12)21-2/h3-10H,1-2H3/p+1. The highest BCUT2D eigenvalue weighted by atomic mass is 32.1. The van der Waals surface area contributed by atoms with Gasteiger partial charge in [-0.3, -0.25) is 0 Å². The van der Waals surface area contributed by atoms with Gasteiger partial charge in [0.15, 0.2) is 11.4 Å². The number of para-hydroxylation sites is 4. The van der Waals surface area contributed by atoms with E-state index in [0.29, 0.717) is 16.3 Å². The highest BCUT2D eigenvalue weighted by Gasteiger charge is 2.21. The molecule has 0 aliphatic carbocycles. The van der Waals surface area contributed by atoms with Crippen LogP contribution in [0.25, 0.3) is 11.4 Å². The molecule has 0 fully saturated rings. The van der Waals surface area contributed by atoms with Crippen LogP contribution < -0.4 is 14.3 Å². The average Bonchev–Trinajstić information content (AvgIpc) is 2.96. The minimum atomic E-state index is 0.358. The van der Waals surface area contributed by atoms with E-state index in [2.05, 4.69) is 10.2 Å². The molecule has 0 saturated carbocycles. The van der Waals surface area contributed by atoms with Gasteiger partial charge in [-0.1, -0.05) is 24.3 Å². The first-order valence-electron chi connectivity index (χ1n) is 6.63. The SMILES string of the molecule is COc1ccccc1-n1[nH]c(=S)n[n+]1-c1ccccc1OC. The summed E-state index contributed by atoms with van der Waals surface area (Å²) in [5.74, 6) is 1.40. The topological polar surface area (TPSA) is 56.0 Å². The van der Waals surface area contributed by atoms with Crippen LogP contribution in [0.4, 0.5) is 0 Å². The zero-order chi connectivity index (χ0) is 15.5. The fourth-order valence-corrected chi connectivity index (χ4v) is 2.38. The summed E-state index contributed by atoms with van der Waals surface area (Å²) in [4.78, 5) is 3.37. The molecule has 6 nitrogen and oxygen atoms in total. The number of hydrogen-bond donors (Lipinski definition) is 1. The zero-order valence-corrected chi connectivity index (χ0v) is 13.0. The van der Waals surface area contributed by atoms with Gasteiger partial charge in [-0.05, 0) is 46.1 Å². The Bertz CT molecular complexity index is 788. The molecule has 3 rings (SSSR count).